The van der Waals surface area contributed by atoms with Crippen molar-refractivity contribution in [2.45, 2.75) is 32.0 Å². The minimum absolute atomic E-state index is 0.168. The third kappa shape index (κ3) is 4.08. The lowest BCUT2D eigenvalue weighted by Crippen LogP contribution is -2.35. The van der Waals surface area contributed by atoms with Crippen molar-refractivity contribution in [3.8, 4) is 17.2 Å². The predicted molar refractivity (Wildman–Crippen MR) is 97.8 cm³/mol. The van der Waals surface area contributed by atoms with Crippen LogP contribution in [0.3, 0.4) is 0 Å². The number of amides is 1. The molecule has 1 heterocycles. The van der Waals surface area contributed by atoms with Crippen molar-refractivity contribution >= 4 is 11.6 Å². The van der Waals surface area contributed by atoms with Gasteiger partial charge in [-0.05, 0) is 50.2 Å². The van der Waals surface area contributed by atoms with Gasteiger partial charge in [-0.3, -0.25) is 4.79 Å². The molecule has 6 nitrogen and oxygen atoms in total. The van der Waals surface area contributed by atoms with Crippen LogP contribution in [0.2, 0.25) is 0 Å². The monoisotopic (exact) mass is 357 g/mol. The third-order valence-electron chi connectivity index (χ3n) is 4.16. The maximum absolute atomic E-state index is 12.1. The van der Waals surface area contributed by atoms with Crippen LogP contribution in [0.1, 0.15) is 31.9 Å². The van der Waals surface area contributed by atoms with Gasteiger partial charge in [-0.1, -0.05) is 6.07 Å². The minimum atomic E-state index is -0.699. The summed E-state index contributed by atoms with van der Waals surface area (Å²) < 4.78 is 16.6. The third-order valence-corrected chi connectivity index (χ3v) is 4.16. The highest BCUT2D eigenvalue weighted by Crippen LogP contribution is 2.44. The van der Waals surface area contributed by atoms with Crippen molar-refractivity contribution < 1.29 is 24.1 Å². The molecule has 1 aliphatic heterocycles. The smallest absolute Gasteiger partial charge is 0.262 e. The Hall–Kier alpha value is -2.73. The van der Waals surface area contributed by atoms with Gasteiger partial charge in [0.15, 0.2) is 6.61 Å². The summed E-state index contributed by atoms with van der Waals surface area (Å²) in [6, 6.07) is 12.3. The van der Waals surface area contributed by atoms with E-state index in [-0.39, 0.29) is 12.5 Å². The molecule has 3 rings (SSSR count). The molecular formula is C20H23NO5. The lowest BCUT2D eigenvalue weighted by Gasteiger charge is -2.36. The number of carbonyl (C=O) groups is 1. The van der Waals surface area contributed by atoms with Crippen LogP contribution in [-0.2, 0) is 4.79 Å². The molecule has 2 aromatic rings. The number of fused-ring (bicyclic) bond motifs is 1. The number of ether oxygens (including phenoxy) is 3. The van der Waals surface area contributed by atoms with E-state index in [4.69, 9.17) is 14.2 Å². The molecule has 0 radical (unpaired) electrons. The van der Waals surface area contributed by atoms with Gasteiger partial charge in [0, 0.05) is 12.1 Å². The molecule has 138 valence electrons. The zero-order valence-corrected chi connectivity index (χ0v) is 15.1. The molecule has 1 aliphatic rings. The van der Waals surface area contributed by atoms with E-state index in [1.807, 2.05) is 13.8 Å². The molecule has 0 spiro atoms. The van der Waals surface area contributed by atoms with E-state index < -0.39 is 11.7 Å². The van der Waals surface area contributed by atoms with Crippen molar-refractivity contribution in [2.24, 2.45) is 0 Å². The molecular weight excluding hydrogens is 334 g/mol. The number of hydrogen-bond donors (Lipinski definition) is 2. The number of hydrogen-bond acceptors (Lipinski definition) is 5. The Kier molecular flexibility index (Phi) is 5.04. The Balaban J connectivity index is 1.65. The summed E-state index contributed by atoms with van der Waals surface area (Å²) in [5.74, 6) is 1.46. The van der Waals surface area contributed by atoms with Gasteiger partial charge in [0.25, 0.3) is 5.91 Å². The molecule has 0 aliphatic carbocycles. The van der Waals surface area contributed by atoms with E-state index in [1.54, 1.807) is 49.6 Å². The molecule has 0 aromatic heterocycles. The van der Waals surface area contributed by atoms with Gasteiger partial charge >= 0.3 is 0 Å². The second-order valence-electron chi connectivity index (χ2n) is 6.81. The first kappa shape index (κ1) is 18.1. The highest BCUT2D eigenvalue weighted by atomic mass is 16.5. The largest absolute Gasteiger partial charge is 0.497 e. The lowest BCUT2D eigenvalue weighted by molar-refractivity contribution is -0.118. The normalized spacial score (nSPS) is 17.6. The van der Waals surface area contributed by atoms with Gasteiger partial charge in [-0.25, -0.2) is 0 Å². The molecule has 0 fully saturated rings. The van der Waals surface area contributed by atoms with Crippen LogP contribution in [0.4, 0.5) is 5.69 Å². The Morgan fingerprint density at radius 3 is 2.69 bits per heavy atom. The topological polar surface area (TPSA) is 77.0 Å². The molecule has 0 unspecified atom stereocenters. The zero-order chi connectivity index (χ0) is 18.7. The summed E-state index contributed by atoms with van der Waals surface area (Å²) in [7, 11) is 1.58. The minimum Gasteiger partial charge on any atom is -0.497 e. The number of rotatable bonds is 5. The molecule has 0 bridgehead atoms. The maximum atomic E-state index is 12.1. The number of carbonyl (C=O) groups excluding carboxylic acids is 1. The van der Waals surface area contributed by atoms with Crippen LogP contribution in [0, 0.1) is 0 Å². The highest BCUT2D eigenvalue weighted by molar-refractivity contribution is 5.91. The molecule has 26 heavy (non-hydrogen) atoms. The van der Waals surface area contributed by atoms with Crippen molar-refractivity contribution in [2.75, 3.05) is 19.0 Å². The first-order valence-electron chi connectivity index (χ1n) is 8.45. The SMILES string of the molecule is COc1ccc(NC(=O)COc2cccc3c2[C@H](O)CC(C)(C)O3)cc1. The van der Waals surface area contributed by atoms with Crippen LogP contribution >= 0.6 is 0 Å². The standard InChI is InChI=1S/C20H23NO5/c1-20(2)11-15(22)19-16(5-4-6-17(19)26-20)25-12-18(23)21-13-7-9-14(24-3)10-8-13/h4-10,15,22H,11-12H2,1-3H3,(H,21,23)/t15-/m1/s1. The van der Waals surface area contributed by atoms with Crippen molar-refractivity contribution in [3.63, 3.8) is 0 Å². The van der Waals surface area contributed by atoms with Gasteiger partial charge in [0.1, 0.15) is 22.8 Å². The van der Waals surface area contributed by atoms with Crippen molar-refractivity contribution in [3.05, 3.63) is 48.0 Å². The average molecular weight is 357 g/mol. The molecule has 1 atom stereocenters. The van der Waals surface area contributed by atoms with Gasteiger partial charge in [-0.15, -0.1) is 0 Å². The Labute approximate surface area is 152 Å². The fourth-order valence-electron chi connectivity index (χ4n) is 2.99. The summed E-state index contributed by atoms with van der Waals surface area (Å²) in [6.45, 7) is 3.68. The maximum Gasteiger partial charge on any atom is 0.262 e. The van der Waals surface area contributed by atoms with Gasteiger partial charge in [0.05, 0.1) is 18.8 Å². The molecule has 0 saturated heterocycles. The number of anilines is 1. The molecule has 1 amide bonds. The Morgan fingerprint density at radius 1 is 1.27 bits per heavy atom. The molecule has 6 heteroatoms. The van der Waals surface area contributed by atoms with Crippen LogP contribution in [0.25, 0.3) is 0 Å². The summed E-state index contributed by atoms with van der Waals surface area (Å²) >= 11 is 0. The Morgan fingerprint density at radius 2 is 2.00 bits per heavy atom. The van der Waals surface area contributed by atoms with E-state index in [9.17, 15) is 9.90 Å². The van der Waals surface area contributed by atoms with Crippen LogP contribution in [-0.4, -0.2) is 30.3 Å². The van der Waals surface area contributed by atoms with E-state index >= 15 is 0 Å². The van der Waals surface area contributed by atoms with Gasteiger partial charge in [-0.2, -0.15) is 0 Å². The predicted octanol–water partition coefficient (Wildman–Crippen LogP) is 3.31. The van der Waals surface area contributed by atoms with Crippen molar-refractivity contribution in [1.82, 2.24) is 0 Å². The second-order valence-corrected chi connectivity index (χ2v) is 6.81. The van der Waals surface area contributed by atoms with Crippen LogP contribution in [0.15, 0.2) is 42.5 Å². The zero-order valence-electron chi connectivity index (χ0n) is 15.1. The number of aliphatic hydroxyl groups is 1. The van der Waals surface area contributed by atoms with Crippen LogP contribution in [0.5, 0.6) is 17.2 Å². The Bertz CT molecular complexity index is 785. The first-order chi connectivity index (χ1) is 12.4. The number of aliphatic hydroxyl groups excluding tert-OH is 1. The first-order valence-corrected chi connectivity index (χ1v) is 8.45. The summed E-state index contributed by atoms with van der Waals surface area (Å²) in [5, 5.41) is 13.2. The number of nitrogens with one attached hydrogen (secondary N) is 1. The summed E-state index contributed by atoms with van der Waals surface area (Å²) in [6.07, 6.45) is -0.243. The number of methoxy groups -OCH3 is 1. The molecule has 0 saturated carbocycles. The van der Waals surface area contributed by atoms with E-state index in [0.29, 0.717) is 34.9 Å². The number of benzene rings is 2. The second kappa shape index (κ2) is 7.25. The molecule has 2 N–H and O–H groups in total. The van der Waals surface area contributed by atoms with E-state index in [0.717, 1.165) is 0 Å². The van der Waals surface area contributed by atoms with Crippen molar-refractivity contribution in [1.29, 1.82) is 0 Å². The van der Waals surface area contributed by atoms with Gasteiger partial charge in [0.2, 0.25) is 0 Å². The quantitative estimate of drug-likeness (QED) is 0.858. The lowest BCUT2D eigenvalue weighted by atomic mass is 9.91. The highest BCUT2D eigenvalue weighted by Gasteiger charge is 2.34. The fourth-order valence-corrected chi connectivity index (χ4v) is 2.99. The van der Waals surface area contributed by atoms with Crippen LogP contribution < -0.4 is 19.5 Å². The summed E-state index contributed by atoms with van der Waals surface area (Å²) in [5.41, 5.74) is 0.792. The fraction of sp³-hybridized carbons (Fsp3) is 0.350. The van der Waals surface area contributed by atoms with E-state index in [2.05, 4.69) is 5.32 Å². The summed E-state index contributed by atoms with van der Waals surface area (Å²) in [4.78, 5) is 12.1. The van der Waals surface area contributed by atoms with E-state index in [1.165, 1.54) is 0 Å². The average Bonchev–Trinajstić information content (AvgIpc) is 2.59. The molecule has 2 aromatic carbocycles. The van der Waals surface area contributed by atoms with Gasteiger partial charge < -0.3 is 24.6 Å².